The molecule has 1 atom stereocenters. The van der Waals surface area contributed by atoms with Crippen LogP contribution in [0.1, 0.15) is 28.9 Å². The van der Waals surface area contributed by atoms with Gasteiger partial charge in [-0.05, 0) is 37.3 Å². The summed E-state index contributed by atoms with van der Waals surface area (Å²) >= 11 is 0. The molecule has 1 amide bonds. The summed E-state index contributed by atoms with van der Waals surface area (Å²) in [6.45, 7) is 1.82. The summed E-state index contributed by atoms with van der Waals surface area (Å²) in [5.41, 5.74) is 1.00. The topological polar surface area (TPSA) is 63.7 Å². The van der Waals surface area contributed by atoms with Crippen LogP contribution in [0.2, 0.25) is 0 Å². The molecule has 0 N–H and O–H groups in total. The van der Waals surface area contributed by atoms with Crippen LogP contribution in [0.4, 0.5) is 8.78 Å². The van der Waals surface area contributed by atoms with E-state index >= 15 is 0 Å². The van der Waals surface area contributed by atoms with Gasteiger partial charge in [-0.15, -0.1) is 0 Å². The lowest BCUT2D eigenvalue weighted by atomic mass is 10.0. The van der Waals surface area contributed by atoms with Crippen LogP contribution in [0.15, 0.2) is 53.4 Å². The molecule has 0 aromatic heterocycles. The molecule has 5 nitrogen and oxygen atoms in total. The molecule has 0 saturated carbocycles. The molecule has 0 aliphatic carbocycles. The highest BCUT2D eigenvalue weighted by atomic mass is 32.2. The molecule has 0 bridgehead atoms. The van der Waals surface area contributed by atoms with Crippen LogP contribution in [0.3, 0.4) is 0 Å². The highest BCUT2D eigenvalue weighted by molar-refractivity contribution is 7.91. The number of carbonyl (C=O) groups is 1. The van der Waals surface area contributed by atoms with E-state index in [4.69, 9.17) is 4.74 Å². The molecule has 0 saturated heterocycles. The lowest BCUT2D eigenvalue weighted by molar-refractivity contribution is 0.0741. The first-order chi connectivity index (χ1) is 12.2. The van der Waals surface area contributed by atoms with Crippen molar-refractivity contribution in [2.45, 2.75) is 23.6 Å². The number of ether oxygens (including phenoxy) is 1. The summed E-state index contributed by atoms with van der Waals surface area (Å²) in [6, 6.07) is 11.4. The SMILES string of the molecule is COc1ccccc1C(C)N(C)C(=O)c1ccc(S(=O)(=O)C(F)F)cc1. The molecule has 26 heavy (non-hydrogen) atoms. The Bertz CT molecular complexity index is 882. The Morgan fingerprint density at radius 2 is 1.65 bits per heavy atom. The zero-order valence-corrected chi connectivity index (χ0v) is 15.3. The fourth-order valence-corrected chi connectivity index (χ4v) is 3.21. The van der Waals surface area contributed by atoms with Crippen molar-refractivity contribution in [3.63, 3.8) is 0 Å². The van der Waals surface area contributed by atoms with Gasteiger partial charge in [0.1, 0.15) is 5.75 Å². The van der Waals surface area contributed by atoms with E-state index in [-0.39, 0.29) is 17.5 Å². The Hall–Kier alpha value is -2.48. The number of amides is 1. The Morgan fingerprint density at radius 3 is 2.19 bits per heavy atom. The quantitative estimate of drug-likeness (QED) is 0.766. The normalized spacial score (nSPS) is 12.7. The van der Waals surface area contributed by atoms with E-state index in [0.29, 0.717) is 5.75 Å². The van der Waals surface area contributed by atoms with Gasteiger partial charge in [-0.3, -0.25) is 4.79 Å². The van der Waals surface area contributed by atoms with Crippen molar-refractivity contribution < 1.29 is 26.7 Å². The van der Waals surface area contributed by atoms with Gasteiger partial charge in [0.2, 0.25) is 9.84 Å². The Balaban J connectivity index is 2.25. The number of benzene rings is 2. The average molecular weight is 383 g/mol. The van der Waals surface area contributed by atoms with Gasteiger partial charge in [0.05, 0.1) is 18.0 Å². The first-order valence-corrected chi connectivity index (χ1v) is 9.27. The van der Waals surface area contributed by atoms with Crippen molar-refractivity contribution in [3.05, 3.63) is 59.7 Å². The van der Waals surface area contributed by atoms with Gasteiger partial charge in [0.25, 0.3) is 5.91 Å². The van der Waals surface area contributed by atoms with Crippen molar-refractivity contribution in [1.82, 2.24) is 4.90 Å². The Labute approximate surface area is 151 Å². The Morgan fingerprint density at radius 1 is 1.08 bits per heavy atom. The highest BCUT2D eigenvalue weighted by Gasteiger charge is 2.27. The fourth-order valence-electron chi connectivity index (χ4n) is 2.49. The molecule has 1 unspecified atom stereocenters. The predicted octanol–water partition coefficient (Wildman–Crippen LogP) is 3.52. The molecule has 0 fully saturated rings. The third kappa shape index (κ3) is 3.85. The molecule has 2 aromatic carbocycles. The minimum absolute atomic E-state index is 0.197. The molecule has 140 valence electrons. The molecular formula is C18H19F2NO4S. The summed E-state index contributed by atoms with van der Waals surface area (Å²) in [5, 5.41) is 0. The maximum Gasteiger partial charge on any atom is 0.341 e. The second kappa shape index (κ2) is 7.82. The number of hydrogen-bond acceptors (Lipinski definition) is 4. The summed E-state index contributed by atoms with van der Waals surface area (Å²) in [7, 11) is -1.54. The smallest absolute Gasteiger partial charge is 0.341 e. The molecule has 0 aliphatic heterocycles. The minimum Gasteiger partial charge on any atom is -0.496 e. The first kappa shape index (κ1) is 19.8. The van der Waals surface area contributed by atoms with Gasteiger partial charge >= 0.3 is 5.76 Å². The summed E-state index contributed by atoms with van der Waals surface area (Å²) in [5.74, 6) is -3.24. The van der Waals surface area contributed by atoms with E-state index in [1.807, 2.05) is 25.1 Å². The number of para-hydroxylation sites is 1. The fraction of sp³-hybridized carbons (Fsp3) is 0.278. The van der Waals surface area contributed by atoms with Crippen LogP contribution in [-0.4, -0.2) is 39.1 Å². The minimum atomic E-state index is -4.68. The molecule has 2 rings (SSSR count). The molecule has 0 heterocycles. The van der Waals surface area contributed by atoms with Crippen LogP contribution < -0.4 is 4.74 Å². The van der Waals surface area contributed by atoms with E-state index in [9.17, 15) is 22.0 Å². The summed E-state index contributed by atoms with van der Waals surface area (Å²) < 4.78 is 53.4. The largest absolute Gasteiger partial charge is 0.496 e. The van der Waals surface area contributed by atoms with Crippen molar-refractivity contribution in [2.24, 2.45) is 0 Å². The molecule has 8 heteroatoms. The molecule has 0 radical (unpaired) electrons. The predicted molar refractivity (Wildman–Crippen MR) is 93.1 cm³/mol. The van der Waals surface area contributed by atoms with Crippen LogP contribution in [0.5, 0.6) is 5.75 Å². The third-order valence-electron chi connectivity index (χ3n) is 4.15. The summed E-state index contributed by atoms with van der Waals surface area (Å²) in [4.78, 5) is 13.6. The molecule has 0 spiro atoms. The van der Waals surface area contributed by atoms with Crippen LogP contribution >= 0.6 is 0 Å². The van der Waals surface area contributed by atoms with E-state index in [2.05, 4.69) is 0 Å². The van der Waals surface area contributed by atoms with E-state index in [1.54, 1.807) is 13.1 Å². The number of rotatable bonds is 6. The standard InChI is InChI=1S/C18H19F2NO4S/c1-12(15-6-4-5-7-16(15)25-3)21(2)17(22)13-8-10-14(11-9-13)26(23,24)18(19)20/h4-12,18H,1-3H3. The second-order valence-electron chi connectivity index (χ2n) is 5.66. The van der Waals surface area contributed by atoms with E-state index in [1.165, 1.54) is 24.1 Å². The zero-order chi connectivity index (χ0) is 19.5. The molecule has 2 aromatic rings. The summed E-state index contributed by atoms with van der Waals surface area (Å²) in [6.07, 6.45) is 0. The third-order valence-corrected chi connectivity index (χ3v) is 5.55. The number of methoxy groups -OCH3 is 1. The molecule has 0 aliphatic rings. The number of alkyl halides is 2. The maximum absolute atomic E-state index is 12.6. The average Bonchev–Trinajstić information content (AvgIpc) is 2.66. The van der Waals surface area contributed by atoms with Crippen LogP contribution in [-0.2, 0) is 9.84 Å². The molecular weight excluding hydrogens is 364 g/mol. The number of halogens is 2. The van der Waals surface area contributed by atoms with Gasteiger partial charge in [-0.25, -0.2) is 8.42 Å². The van der Waals surface area contributed by atoms with Gasteiger partial charge in [0.15, 0.2) is 0 Å². The monoisotopic (exact) mass is 383 g/mol. The van der Waals surface area contributed by atoms with Gasteiger partial charge in [0, 0.05) is 18.2 Å². The van der Waals surface area contributed by atoms with Gasteiger partial charge in [-0.2, -0.15) is 8.78 Å². The number of hydrogen-bond donors (Lipinski definition) is 0. The van der Waals surface area contributed by atoms with Crippen molar-refractivity contribution in [1.29, 1.82) is 0 Å². The van der Waals surface area contributed by atoms with Crippen molar-refractivity contribution in [2.75, 3.05) is 14.2 Å². The van der Waals surface area contributed by atoms with Gasteiger partial charge < -0.3 is 9.64 Å². The zero-order valence-electron chi connectivity index (χ0n) is 14.5. The number of sulfone groups is 1. The van der Waals surface area contributed by atoms with Crippen molar-refractivity contribution in [3.8, 4) is 5.75 Å². The van der Waals surface area contributed by atoms with Crippen LogP contribution in [0, 0.1) is 0 Å². The van der Waals surface area contributed by atoms with Gasteiger partial charge in [-0.1, -0.05) is 18.2 Å². The lowest BCUT2D eigenvalue weighted by Gasteiger charge is -2.26. The van der Waals surface area contributed by atoms with Crippen LogP contribution in [0.25, 0.3) is 0 Å². The van der Waals surface area contributed by atoms with Crippen molar-refractivity contribution >= 4 is 15.7 Å². The Kier molecular flexibility index (Phi) is 5.97. The lowest BCUT2D eigenvalue weighted by Crippen LogP contribution is -2.30. The van der Waals surface area contributed by atoms with E-state index in [0.717, 1.165) is 17.7 Å². The number of carbonyl (C=O) groups excluding carboxylic acids is 1. The second-order valence-corrected chi connectivity index (χ2v) is 7.58. The van der Waals surface area contributed by atoms with E-state index < -0.39 is 20.5 Å². The highest BCUT2D eigenvalue weighted by Crippen LogP contribution is 2.29. The number of nitrogens with zero attached hydrogens (tertiary/aromatic N) is 1. The maximum atomic E-state index is 12.6. The first-order valence-electron chi connectivity index (χ1n) is 7.72.